The average Bonchev–Trinajstić information content (AvgIpc) is 3.79. The average molecular weight is 643 g/mol. The fourth-order valence-electron chi connectivity index (χ4n) is 4.83. The van der Waals surface area contributed by atoms with Crippen molar-refractivity contribution in [2.24, 2.45) is 0 Å². The lowest BCUT2D eigenvalue weighted by Crippen LogP contribution is -2.26. The highest BCUT2D eigenvalue weighted by Gasteiger charge is 2.25. The van der Waals surface area contributed by atoms with Crippen LogP contribution in [0.3, 0.4) is 0 Å². The molecule has 0 aliphatic rings. The molecule has 0 saturated carbocycles. The number of aromatic nitrogens is 5. The van der Waals surface area contributed by atoms with Gasteiger partial charge >= 0.3 is 0 Å². The van der Waals surface area contributed by atoms with Gasteiger partial charge in [0.25, 0.3) is 5.91 Å². The minimum Gasteiger partial charge on any atom is -0.492 e. The smallest absolute Gasteiger partial charge is 0.278 e. The van der Waals surface area contributed by atoms with Gasteiger partial charge < -0.3 is 25.4 Å². The Hall–Kier alpha value is -5.08. The molecule has 0 amide bonds. The van der Waals surface area contributed by atoms with Crippen molar-refractivity contribution < 1.29 is 19.5 Å². The van der Waals surface area contributed by atoms with E-state index >= 15 is 0 Å². The molecular weight excluding hydrogens is 613 g/mol. The summed E-state index contributed by atoms with van der Waals surface area (Å²) in [6.07, 6.45) is 7.52. The van der Waals surface area contributed by atoms with Crippen molar-refractivity contribution in [3.05, 3.63) is 76.1 Å². The number of carbonyl (C=O) groups excluding carboxylic acids is 1. The molecule has 0 radical (unpaired) electrons. The first kappa shape index (κ1) is 30.0. The molecule has 0 bridgehead atoms. The molecule has 6 aromatic rings. The van der Waals surface area contributed by atoms with Crippen LogP contribution >= 0.6 is 22.9 Å². The van der Waals surface area contributed by atoms with Crippen molar-refractivity contribution in [3.8, 4) is 11.8 Å². The van der Waals surface area contributed by atoms with Crippen LogP contribution in [0, 0.1) is 5.41 Å². The minimum atomic E-state index is -0.472. The second-order valence-corrected chi connectivity index (χ2v) is 13.1. The molecule has 0 atom stereocenters. The number of allylic oxidation sites excluding steroid dienone is 1. The molecule has 0 spiro atoms. The number of amidine groups is 1. The molecule has 6 rings (SSSR count). The first-order valence-electron chi connectivity index (χ1n) is 14.0. The largest absolute Gasteiger partial charge is 0.492 e. The van der Waals surface area contributed by atoms with Gasteiger partial charge in [0.05, 0.1) is 22.7 Å². The van der Waals surface area contributed by atoms with Crippen molar-refractivity contribution in [3.63, 3.8) is 0 Å². The Kier molecular flexibility index (Phi) is 7.85. The molecule has 0 aliphatic carbocycles. The highest BCUT2D eigenvalue weighted by atomic mass is 32.1. The standard InChI is InChI=1S/C31H30N8O4S2/c1-5-6-17-15-39(21-13-16-7-8-18(31(2,3)4)14-20(16)35-23(17)21)29(42)24-27(41)36-30(44-24)37-28-22(26(40)38-45-28)25(32)33-11-9-19-10-12-34-43-19/h5-8,10,12-15,41H,9,11H2,1-4H3,(H2,32,33)(H,36,37)(H,38,40)/b6-5+. The summed E-state index contributed by atoms with van der Waals surface area (Å²) in [5.41, 5.74) is 4.13. The molecule has 14 heteroatoms. The molecule has 230 valence electrons. The van der Waals surface area contributed by atoms with Gasteiger partial charge in [-0.15, -0.1) is 0 Å². The monoisotopic (exact) mass is 642 g/mol. The number of hydrogen-bond donors (Lipinski definition) is 5. The van der Waals surface area contributed by atoms with E-state index in [0.29, 0.717) is 34.8 Å². The Bertz CT molecular complexity index is 2080. The first-order chi connectivity index (χ1) is 21.5. The van der Waals surface area contributed by atoms with Gasteiger partial charge in [-0.2, -0.15) is 9.36 Å². The van der Waals surface area contributed by atoms with Gasteiger partial charge in [0.1, 0.15) is 22.2 Å². The van der Waals surface area contributed by atoms with Crippen LogP contribution in [-0.2, 0) is 11.8 Å². The molecule has 0 unspecified atom stereocenters. The van der Waals surface area contributed by atoms with Crippen molar-refractivity contribution in [2.45, 2.75) is 39.5 Å². The normalized spacial score (nSPS) is 12.0. The maximum absolute atomic E-state index is 13.9. The predicted octanol–water partition coefficient (Wildman–Crippen LogP) is 6.42. The van der Waals surface area contributed by atoms with Crippen LogP contribution < -0.4 is 10.6 Å². The summed E-state index contributed by atoms with van der Waals surface area (Å²) < 4.78 is 10.5. The van der Waals surface area contributed by atoms with E-state index in [0.717, 1.165) is 44.9 Å². The van der Waals surface area contributed by atoms with Crippen LogP contribution in [0.4, 0.5) is 10.1 Å². The molecule has 0 aliphatic heterocycles. The lowest BCUT2D eigenvalue weighted by atomic mass is 9.86. The van der Waals surface area contributed by atoms with Crippen molar-refractivity contribution in [2.75, 3.05) is 11.9 Å². The van der Waals surface area contributed by atoms with Gasteiger partial charge in [-0.3, -0.25) is 14.8 Å². The van der Waals surface area contributed by atoms with E-state index in [1.54, 1.807) is 18.5 Å². The minimum absolute atomic E-state index is 0.0140. The van der Waals surface area contributed by atoms with E-state index in [9.17, 15) is 15.0 Å². The second-order valence-electron chi connectivity index (χ2n) is 11.3. The number of rotatable bonds is 8. The summed E-state index contributed by atoms with van der Waals surface area (Å²) in [5.74, 6) is -0.656. The maximum Gasteiger partial charge on any atom is 0.278 e. The van der Waals surface area contributed by atoms with Gasteiger partial charge in [-0.1, -0.05) is 61.5 Å². The fourth-order valence-corrected chi connectivity index (χ4v) is 6.39. The maximum atomic E-state index is 13.9. The van der Waals surface area contributed by atoms with E-state index in [4.69, 9.17) is 14.9 Å². The van der Waals surface area contributed by atoms with Gasteiger partial charge in [0.2, 0.25) is 11.8 Å². The number of carbonyl (C=O) groups is 1. The zero-order chi connectivity index (χ0) is 31.9. The van der Waals surface area contributed by atoms with E-state index in [-0.39, 0.29) is 32.7 Å². The number of benzene rings is 1. The molecule has 45 heavy (non-hydrogen) atoms. The number of hydrogen-bond acceptors (Lipinski definition) is 12. The summed E-state index contributed by atoms with van der Waals surface area (Å²) in [6, 6.07) is 9.82. The Labute approximate surface area is 265 Å². The third-order valence-corrected chi connectivity index (χ3v) is 8.84. The molecule has 12 nitrogen and oxygen atoms in total. The quantitative estimate of drug-likeness (QED) is 0.0920. The number of anilines is 2. The number of fused-ring (bicyclic) bond motifs is 2. The topological polar surface area (TPSA) is 175 Å². The number of nitrogens with zero attached hydrogens (tertiary/aromatic N) is 5. The lowest BCUT2D eigenvalue weighted by Gasteiger charge is -2.19. The zero-order valence-electron chi connectivity index (χ0n) is 24.9. The Balaban J connectivity index is 1.29. The van der Waals surface area contributed by atoms with E-state index in [1.165, 1.54) is 4.57 Å². The van der Waals surface area contributed by atoms with Gasteiger partial charge in [-0.25, -0.2) is 4.98 Å². The Morgan fingerprint density at radius 1 is 1.16 bits per heavy atom. The van der Waals surface area contributed by atoms with Crippen LogP contribution in [0.15, 0.2) is 53.3 Å². The summed E-state index contributed by atoms with van der Waals surface area (Å²) in [7, 11) is 0. The van der Waals surface area contributed by atoms with Crippen molar-refractivity contribution >= 4 is 72.8 Å². The van der Waals surface area contributed by atoms with Crippen LogP contribution in [-0.4, -0.2) is 52.6 Å². The zero-order valence-corrected chi connectivity index (χ0v) is 26.5. The predicted molar refractivity (Wildman–Crippen MR) is 176 cm³/mol. The van der Waals surface area contributed by atoms with Crippen molar-refractivity contribution in [1.82, 2.24) is 29.4 Å². The van der Waals surface area contributed by atoms with Crippen LogP contribution in [0.25, 0.3) is 28.0 Å². The van der Waals surface area contributed by atoms with Crippen molar-refractivity contribution in [1.29, 1.82) is 5.41 Å². The fraction of sp³-hybridized carbons (Fsp3) is 0.226. The van der Waals surface area contributed by atoms with Gasteiger partial charge in [0, 0.05) is 36.2 Å². The summed E-state index contributed by atoms with van der Waals surface area (Å²) >= 11 is 1.87. The highest BCUT2D eigenvalue weighted by Crippen LogP contribution is 2.37. The molecule has 1 aromatic carbocycles. The Morgan fingerprint density at radius 3 is 2.71 bits per heavy atom. The van der Waals surface area contributed by atoms with Gasteiger partial charge in [-0.05, 0) is 41.6 Å². The molecule has 5 aromatic heterocycles. The number of aromatic hydroxyl groups is 2. The second kappa shape index (κ2) is 11.8. The molecule has 5 N–H and O–H groups in total. The van der Waals surface area contributed by atoms with Crippen LogP contribution in [0.2, 0.25) is 0 Å². The Morgan fingerprint density at radius 2 is 1.98 bits per heavy atom. The molecule has 0 fully saturated rings. The van der Waals surface area contributed by atoms with Gasteiger partial charge in [0.15, 0.2) is 10.0 Å². The summed E-state index contributed by atoms with van der Waals surface area (Å²) in [6.45, 7) is 8.72. The number of thiazole rings is 1. The van der Waals surface area contributed by atoms with Crippen LogP contribution in [0.5, 0.6) is 11.8 Å². The number of pyridine rings is 1. The number of nitrogens with one attached hydrogen (secondary N) is 3. The molecule has 5 heterocycles. The highest BCUT2D eigenvalue weighted by molar-refractivity contribution is 7.18. The van der Waals surface area contributed by atoms with E-state index in [1.807, 2.05) is 31.2 Å². The third-order valence-electron chi connectivity index (χ3n) is 7.14. The van der Waals surface area contributed by atoms with E-state index in [2.05, 4.69) is 58.1 Å². The summed E-state index contributed by atoms with van der Waals surface area (Å²) in [4.78, 5) is 23.0. The molecule has 0 saturated heterocycles. The van der Waals surface area contributed by atoms with Crippen LogP contribution in [0.1, 0.15) is 59.8 Å². The first-order valence-corrected chi connectivity index (χ1v) is 15.6. The lowest BCUT2D eigenvalue weighted by molar-refractivity contribution is 0.0966. The molecular formula is C31H30N8O4S2. The third kappa shape index (κ3) is 5.89. The van der Waals surface area contributed by atoms with E-state index < -0.39 is 11.8 Å². The summed E-state index contributed by atoms with van der Waals surface area (Å²) in [5, 5.41) is 40.5. The SMILES string of the molecule is C/C=C/c1cn(C(=O)c2sc(Nc3snc(O)c3C(=N)NCCc3ccno3)nc2O)c2cc3ccc(C(C)(C)C)cc3nc12.